The van der Waals surface area contributed by atoms with E-state index in [1.807, 2.05) is 0 Å². The fourth-order valence-corrected chi connectivity index (χ4v) is 2.67. The first-order valence-electron chi connectivity index (χ1n) is 8.87. The SMILES string of the molecule is CCCCCCCCCCCCOC(C)OOS(=O)(=O)OCC.[H-].[Na+]. The Kier molecular flexibility index (Phi) is 20.9. The predicted octanol–water partition coefficient (Wildman–Crippen LogP) is 1.62. The van der Waals surface area contributed by atoms with E-state index < -0.39 is 16.7 Å². The smallest absolute Gasteiger partial charge is 1.00 e. The van der Waals surface area contributed by atoms with Crippen LogP contribution in [0.4, 0.5) is 0 Å². The van der Waals surface area contributed by atoms with E-state index >= 15 is 0 Å². The molecule has 0 aliphatic heterocycles. The van der Waals surface area contributed by atoms with E-state index in [0.717, 1.165) is 12.8 Å². The van der Waals surface area contributed by atoms with Crippen molar-refractivity contribution in [3.05, 3.63) is 0 Å². The van der Waals surface area contributed by atoms with Gasteiger partial charge in [-0.05, 0) is 20.3 Å². The monoisotopic (exact) mass is 378 g/mol. The number of hydrogen-bond acceptors (Lipinski definition) is 6. The molecule has 8 heteroatoms. The summed E-state index contributed by atoms with van der Waals surface area (Å²) < 4.78 is 36.0. The van der Waals surface area contributed by atoms with Crippen LogP contribution < -0.4 is 29.6 Å². The van der Waals surface area contributed by atoms with Crippen LogP contribution in [0.15, 0.2) is 0 Å². The summed E-state index contributed by atoms with van der Waals surface area (Å²) in [6.45, 7) is 5.89. The maximum absolute atomic E-state index is 11.1. The molecule has 1 unspecified atom stereocenters. The zero-order valence-electron chi connectivity index (χ0n) is 16.9. The van der Waals surface area contributed by atoms with Crippen molar-refractivity contribution in [1.82, 2.24) is 0 Å². The minimum Gasteiger partial charge on any atom is -1.00 e. The van der Waals surface area contributed by atoms with Crippen LogP contribution in [-0.2, 0) is 28.5 Å². The van der Waals surface area contributed by atoms with Gasteiger partial charge in [-0.2, -0.15) is 13.3 Å². The molecule has 0 spiro atoms. The van der Waals surface area contributed by atoms with E-state index in [2.05, 4.69) is 20.3 Å². The molecule has 0 amide bonds. The molecule has 0 radical (unpaired) electrons. The van der Waals surface area contributed by atoms with Crippen LogP contribution in [0.25, 0.3) is 0 Å². The summed E-state index contributed by atoms with van der Waals surface area (Å²) in [7, 11) is -4.08. The standard InChI is InChI=1S/C16H34O6S.Na.H/c1-4-6-7-8-9-10-11-12-13-14-15-19-16(3)21-22-23(17,18)20-5-2;;/h16H,4-15H2,1-3H3;;/q;+1;-1. The number of hydrogen-bond donors (Lipinski definition) is 0. The van der Waals surface area contributed by atoms with Crippen molar-refractivity contribution >= 4 is 10.4 Å². The van der Waals surface area contributed by atoms with Gasteiger partial charge in [0.15, 0.2) is 6.29 Å². The van der Waals surface area contributed by atoms with Gasteiger partial charge in [0.05, 0.1) is 6.61 Å². The van der Waals surface area contributed by atoms with Gasteiger partial charge in [0, 0.05) is 6.61 Å². The first-order chi connectivity index (χ1) is 11.0. The van der Waals surface area contributed by atoms with E-state index in [1.165, 1.54) is 51.4 Å². The zero-order chi connectivity index (χ0) is 17.4. The number of ether oxygens (including phenoxy) is 1. The van der Waals surface area contributed by atoms with Gasteiger partial charge in [0.1, 0.15) is 0 Å². The van der Waals surface area contributed by atoms with Crippen molar-refractivity contribution in [3.63, 3.8) is 0 Å². The van der Waals surface area contributed by atoms with Gasteiger partial charge < -0.3 is 6.16 Å². The van der Waals surface area contributed by atoms with Gasteiger partial charge in [-0.15, -0.1) is 0 Å². The van der Waals surface area contributed by atoms with E-state index in [9.17, 15) is 8.42 Å². The van der Waals surface area contributed by atoms with Gasteiger partial charge in [0.25, 0.3) is 0 Å². The summed E-state index contributed by atoms with van der Waals surface area (Å²) in [5, 5.41) is 0. The molecule has 142 valence electrons. The number of rotatable bonds is 17. The molecule has 1 atom stereocenters. The van der Waals surface area contributed by atoms with Crippen molar-refractivity contribution in [1.29, 1.82) is 0 Å². The van der Waals surface area contributed by atoms with Crippen LogP contribution in [0.2, 0.25) is 0 Å². The Hall–Kier alpha value is 0.790. The molecule has 0 aliphatic rings. The van der Waals surface area contributed by atoms with Crippen LogP contribution in [0.5, 0.6) is 0 Å². The van der Waals surface area contributed by atoms with Crippen LogP contribution in [0.1, 0.15) is 86.4 Å². The van der Waals surface area contributed by atoms with Gasteiger partial charge in [-0.25, -0.2) is 4.18 Å². The Labute approximate surface area is 172 Å². The maximum atomic E-state index is 11.1. The minimum atomic E-state index is -4.08. The molecule has 0 saturated carbocycles. The predicted molar refractivity (Wildman–Crippen MR) is 91.1 cm³/mol. The summed E-state index contributed by atoms with van der Waals surface area (Å²) in [5.41, 5.74) is 0. The Balaban J connectivity index is -0.00000242. The van der Waals surface area contributed by atoms with Crippen molar-refractivity contribution in [2.24, 2.45) is 0 Å². The third-order valence-electron chi connectivity index (χ3n) is 3.37. The quantitative estimate of drug-likeness (QED) is 0.126. The molecule has 0 bridgehead atoms. The Morgan fingerprint density at radius 1 is 0.875 bits per heavy atom. The van der Waals surface area contributed by atoms with Crippen molar-refractivity contribution in [2.45, 2.75) is 91.3 Å². The van der Waals surface area contributed by atoms with Crippen molar-refractivity contribution in [2.75, 3.05) is 13.2 Å². The Morgan fingerprint density at radius 3 is 1.88 bits per heavy atom. The molecule has 0 aromatic rings. The zero-order valence-corrected chi connectivity index (χ0v) is 18.7. The van der Waals surface area contributed by atoms with Gasteiger partial charge in [-0.1, -0.05) is 69.0 Å². The second-order valence-corrected chi connectivity index (χ2v) is 6.79. The molecule has 0 rings (SSSR count). The Morgan fingerprint density at radius 2 is 1.38 bits per heavy atom. The van der Waals surface area contributed by atoms with Crippen LogP contribution >= 0.6 is 0 Å². The molecule has 0 aliphatic carbocycles. The Bertz CT molecular complexity index is 357. The summed E-state index contributed by atoms with van der Waals surface area (Å²) in [5.74, 6) is 0. The van der Waals surface area contributed by atoms with Gasteiger partial charge >= 0.3 is 40.0 Å². The van der Waals surface area contributed by atoms with E-state index in [0.29, 0.717) is 6.61 Å². The fraction of sp³-hybridized carbons (Fsp3) is 1.00. The normalized spacial score (nSPS) is 12.8. The topological polar surface area (TPSA) is 71.1 Å². The second kappa shape index (κ2) is 18.6. The molecule has 0 N–H and O–H groups in total. The molecule has 0 heterocycles. The fourth-order valence-electron chi connectivity index (χ4n) is 2.13. The average molecular weight is 379 g/mol. The van der Waals surface area contributed by atoms with Crippen LogP contribution in [0.3, 0.4) is 0 Å². The van der Waals surface area contributed by atoms with Crippen LogP contribution in [0, 0.1) is 0 Å². The largest absolute Gasteiger partial charge is 1.00 e. The molecule has 0 saturated heterocycles. The molecule has 0 aromatic carbocycles. The molecular weight excluding hydrogens is 343 g/mol. The molecular formula is C16H35NaO6S. The van der Waals surface area contributed by atoms with E-state index in [4.69, 9.17) is 4.74 Å². The first-order valence-corrected chi connectivity index (χ1v) is 10.2. The molecule has 0 fully saturated rings. The minimum absolute atomic E-state index is 0. The summed E-state index contributed by atoms with van der Waals surface area (Å²) >= 11 is 0. The summed E-state index contributed by atoms with van der Waals surface area (Å²) in [6.07, 6.45) is 11.8. The third kappa shape index (κ3) is 19.1. The first kappa shape index (κ1) is 27.0. The maximum Gasteiger partial charge on any atom is 1.00 e. The number of unbranched alkanes of at least 4 members (excludes halogenated alkanes) is 9. The van der Waals surface area contributed by atoms with Crippen molar-refractivity contribution in [3.8, 4) is 0 Å². The molecule has 0 aromatic heterocycles. The van der Waals surface area contributed by atoms with Gasteiger partial charge in [-0.3, -0.25) is 0 Å². The second-order valence-electron chi connectivity index (χ2n) is 5.60. The third-order valence-corrected chi connectivity index (χ3v) is 4.14. The average Bonchev–Trinajstić information content (AvgIpc) is 2.50. The summed E-state index contributed by atoms with van der Waals surface area (Å²) in [6, 6.07) is 0. The van der Waals surface area contributed by atoms with E-state index in [-0.39, 0.29) is 37.6 Å². The summed E-state index contributed by atoms with van der Waals surface area (Å²) in [4.78, 5) is 4.62. The van der Waals surface area contributed by atoms with Crippen LogP contribution in [-0.4, -0.2) is 27.9 Å². The van der Waals surface area contributed by atoms with Crippen molar-refractivity contribution < 1.29 is 57.5 Å². The van der Waals surface area contributed by atoms with Gasteiger partial charge in [0.2, 0.25) is 0 Å². The molecule has 24 heavy (non-hydrogen) atoms. The molecule has 6 nitrogen and oxygen atoms in total. The van der Waals surface area contributed by atoms with E-state index in [1.54, 1.807) is 13.8 Å².